The van der Waals surface area contributed by atoms with Crippen LogP contribution < -0.4 is 10.2 Å². The van der Waals surface area contributed by atoms with E-state index in [9.17, 15) is 9.18 Å². The monoisotopic (exact) mass is 400 g/mol. The van der Waals surface area contributed by atoms with E-state index < -0.39 is 0 Å². The van der Waals surface area contributed by atoms with Gasteiger partial charge < -0.3 is 14.6 Å². The van der Waals surface area contributed by atoms with Crippen LogP contribution in [0.3, 0.4) is 0 Å². The van der Waals surface area contributed by atoms with Crippen molar-refractivity contribution in [1.29, 1.82) is 0 Å². The molecule has 0 radical (unpaired) electrons. The summed E-state index contributed by atoms with van der Waals surface area (Å²) in [6.07, 6.45) is 4.35. The van der Waals surface area contributed by atoms with Crippen molar-refractivity contribution < 1.29 is 18.5 Å². The van der Waals surface area contributed by atoms with Crippen molar-refractivity contribution in [2.45, 2.75) is 25.3 Å². The van der Waals surface area contributed by atoms with Crippen molar-refractivity contribution in [3.63, 3.8) is 0 Å². The molecule has 4 rings (SSSR count). The van der Waals surface area contributed by atoms with Crippen LogP contribution in [0.1, 0.15) is 30.3 Å². The summed E-state index contributed by atoms with van der Waals surface area (Å²) in [6, 6.07) is 10.3. The summed E-state index contributed by atoms with van der Waals surface area (Å²) >= 11 is 1.46. The molecular formula is C21H23FN3O2S+. The number of halogens is 1. The molecule has 1 aliphatic heterocycles. The zero-order valence-electron chi connectivity index (χ0n) is 15.5. The van der Waals surface area contributed by atoms with Crippen molar-refractivity contribution in [1.82, 2.24) is 10.3 Å². The summed E-state index contributed by atoms with van der Waals surface area (Å²) in [7, 11) is 0. The zero-order chi connectivity index (χ0) is 19.3. The molecule has 0 bridgehead atoms. The number of benzene rings is 1. The predicted molar refractivity (Wildman–Crippen MR) is 106 cm³/mol. The molecule has 1 atom stereocenters. The molecule has 2 aromatic heterocycles. The van der Waals surface area contributed by atoms with E-state index in [1.807, 2.05) is 17.5 Å². The molecule has 3 aromatic rings. The second-order valence-electron chi connectivity index (χ2n) is 7.07. The number of carbonyl (C=O) groups excluding carboxylic acids is 1. The van der Waals surface area contributed by atoms with Gasteiger partial charge in [0.15, 0.2) is 11.8 Å². The maximum atomic E-state index is 13.1. The smallest absolute Gasteiger partial charge is 0.226 e. The fraction of sp³-hybridized carbons (Fsp3) is 0.333. The first-order valence-electron chi connectivity index (χ1n) is 9.54. The minimum atomic E-state index is -0.272. The molecule has 2 N–H and O–H groups in total. The Morgan fingerprint density at radius 2 is 2.04 bits per heavy atom. The average molecular weight is 400 g/mol. The topological polar surface area (TPSA) is 59.6 Å². The van der Waals surface area contributed by atoms with Gasteiger partial charge in [0, 0.05) is 23.8 Å². The van der Waals surface area contributed by atoms with E-state index in [4.69, 9.17) is 4.42 Å². The Hall–Kier alpha value is -2.51. The molecule has 0 saturated carbocycles. The van der Waals surface area contributed by atoms with Crippen LogP contribution in [0.25, 0.3) is 10.6 Å². The molecule has 0 unspecified atom stereocenters. The van der Waals surface area contributed by atoms with Crippen molar-refractivity contribution >= 4 is 17.2 Å². The maximum Gasteiger partial charge on any atom is 0.226 e. The van der Waals surface area contributed by atoms with Gasteiger partial charge in [0.05, 0.1) is 38.0 Å². The summed E-state index contributed by atoms with van der Waals surface area (Å²) in [6.45, 7) is 2.76. The summed E-state index contributed by atoms with van der Waals surface area (Å²) in [5, 5.41) is 5.72. The molecule has 1 aliphatic rings. The third kappa shape index (κ3) is 4.48. The quantitative estimate of drug-likeness (QED) is 0.641. The number of rotatable bonds is 7. The van der Waals surface area contributed by atoms with Gasteiger partial charge in [-0.1, -0.05) is 0 Å². The highest BCUT2D eigenvalue weighted by atomic mass is 32.1. The second kappa shape index (κ2) is 8.67. The molecule has 1 fully saturated rings. The van der Waals surface area contributed by atoms with E-state index in [0.29, 0.717) is 6.54 Å². The Balaban J connectivity index is 1.35. The van der Waals surface area contributed by atoms with Crippen molar-refractivity contribution in [3.8, 4) is 10.6 Å². The summed E-state index contributed by atoms with van der Waals surface area (Å²) in [5.41, 5.74) is 1.58. The molecule has 1 amide bonds. The van der Waals surface area contributed by atoms with E-state index in [1.165, 1.54) is 41.2 Å². The SMILES string of the molecule is O=C(Cc1csc(-c2ccc(F)cc2)n1)NC[C@H](c1ccco1)[NH+]1CCCC1. The third-order valence-corrected chi connectivity index (χ3v) is 6.05. The normalized spacial score (nSPS) is 15.6. The number of furan rings is 1. The van der Waals surface area contributed by atoms with Gasteiger partial charge in [0.2, 0.25) is 5.91 Å². The van der Waals surface area contributed by atoms with Crippen molar-refractivity contribution in [2.75, 3.05) is 19.6 Å². The number of nitrogens with zero attached hydrogens (tertiary/aromatic N) is 1. The number of amides is 1. The van der Waals surface area contributed by atoms with Crippen LogP contribution in [0.15, 0.2) is 52.5 Å². The van der Waals surface area contributed by atoms with Crippen LogP contribution in [0.5, 0.6) is 0 Å². The molecule has 0 aliphatic carbocycles. The van der Waals surface area contributed by atoms with Crippen LogP contribution in [-0.4, -0.2) is 30.5 Å². The second-order valence-corrected chi connectivity index (χ2v) is 7.92. The van der Waals surface area contributed by atoms with Crippen molar-refractivity contribution in [3.05, 3.63) is 65.3 Å². The first kappa shape index (κ1) is 18.8. The van der Waals surface area contributed by atoms with Gasteiger partial charge in [-0.25, -0.2) is 9.37 Å². The van der Waals surface area contributed by atoms with Gasteiger partial charge in [0.1, 0.15) is 10.8 Å². The highest BCUT2D eigenvalue weighted by molar-refractivity contribution is 7.13. The predicted octanol–water partition coefficient (Wildman–Crippen LogP) is 2.62. The van der Waals surface area contributed by atoms with Crippen molar-refractivity contribution in [2.24, 2.45) is 0 Å². The fourth-order valence-corrected chi connectivity index (χ4v) is 4.50. The molecule has 146 valence electrons. The van der Waals surface area contributed by atoms with Crippen LogP contribution in [0, 0.1) is 5.82 Å². The maximum absolute atomic E-state index is 13.1. The Morgan fingerprint density at radius 1 is 1.25 bits per heavy atom. The van der Waals surface area contributed by atoms with Crippen LogP contribution in [-0.2, 0) is 11.2 Å². The summed E-state index contributed by atoms with van der Waals surface area (Å²) in [5.74, 6) is 0.599. The standard InChI is InChI=1S/C21H22FN3O2S/c22-16-7-5-15(6-8-16)21-24-17(14-28-21)12-20(26)23-13-18(19-4-3-11-27-19)25-9-1-2-10-25/h3-8,11,14,18H,1-2,9-10,12-13H2,(H,23,26)/p+1/t18-/m1/s1. The van der Waals surface area contributed by atoms with E-state index in [1.54, 1.807) is 18.4 Å². The number of hydrogen-bond acceptors (Lipinski definition) is 4. The lowest BCUT2D eigenvalue weighted by Gasteiger charge is -2.23. The minimum Gasteiger partial charge on any atom is -0.463 e. The van der Waals surface area contributed by atoms with E-state index >= 15 is 0 Å². The highest BCUT2D eigenvalue weighted by Crippen LogP contribution is 2.24. The van der Waals surface area contributed by atoms with E-state index in [-0.39, 0.29) is 24.2 Å². The molecule has 28 heavy (non-hydrogen) atoms. The van der Waals surface area contributed by atoms with E-state index in [2.05, 4.69) is 10.3 Å². The average Bonchev–Trinajstić information content (AvgIpc) is 3.46. The van der Waals surface area contributed by atoms with Gasteiger partial charge in [-0.3, -0.25) is 4.79 Å². The van der Waals surface area contributed by atoms with Crippen LogP contribution in [0.4, 0.5) is 4.39 Å². The number of thiazole rings is 1. The lowest BCUT2D eigenvalue weighted by atomic mass is 10.2. The molecule has 0 spiro atoms. The molecule has 5 nitrogen and oxygen atoms in total. The molecule has 1 aromatic carbocycles. The lowest BCUT2D eigenvalue weighted by Crippen LogP contribution is -3.11. The molecular weight excluding hydrogens is 377 g/mol. The number of hydrogen-bond donors (Lipinski definition) is 2. The molecule has 1 saturated heterocycles. The number of carbonyl (C=O) groups is 1. The molecule has 3 heterocycles. The summed E-state index contributed by atoms with van der Waals surface area (Å²) in [4.78, 5) is 18.4. The number of nitrogens with one attached hydrogen (secondary N) is 2. The summed E-state index contributed by atoms with van der Waals surface area (Å²) < 4.78 is 18.7. The van der Waals surface area contributed by atoms with Gasteiger partial charge in [-0.2, -0.15) is 0 Å². The lowest BCUT2D eigenvalue weighted by molar-refractivity contribution is -0.919. The number of quaternary nitrogens is 1. The minimum absolute atomic E-state index is 0.0499. The largest absolute Gasteiger partial charge is 0.463 e. The number of aromatic nitrogens is 1. The highest BCUT2D eigenvalue weighted by Gasteiger charge is 2.29. The van der Waals surface area contributed by atoms with Gasteiger partial charge in [-0.05, 0) is 36.4 Å². The first-order chi connectivity index (χ1) is 13.7. The van der Waals surface area contributed by atoms with Gasteiger partial charge in [-0.15, -0.1) is 11.3 Å². The van der Waals surface area contributed by atoms with Crippen LogP contribution in [0.2, 0.25) is 0 Å². The zero-order valence-corrected chi connectivity index (χ0v) is 16.3. The Morgan fingerprint density at radius 3 is 2.75 bits per heavy atom. The Labute approximate surface area is 167 Å². The van der Waals surface area contributed by atoms with Crippen LogP contribution >= 0.6 is 11.3 Å². The third-order valence-electron chi connectivity index (χ3n) is 5.11. The Bertz CT molecular complexity index is 902. The van der Waals surface area contributed by atoms with E-state index in [0.717, 1.165) is 35.1 Å². The first-order valence-corrected chi connectivity index (χ1v) is 10.4. The molecule has 7 heteroatoms. The van der Waals surface area contributed by atoms with Gasteiger partial charge in [0.25, 0.3) is 0 Å². The fourth-order valence-electron chi connectivity index (χ4n) is 3.67. The Kier molecular flexibility index (Phi) is 5.83. The number of likely N-dealkylation sites (tertiary alicyclic amines) is 1. The van der Waals surface area contributed by atoms with Gasteiger partial charge >= 0.3 is 0 Å².